The monoisotopic (exact) mass is 246 g/mol. The molecule has 0 saturated carbocycles. The Morgan fingerprint density at radius 2 is 1.78 bits per heavy atom. The number of aliphatic carboxylic acids is 1. The largest absolute Gasteiger partial charge is 0.478 e. The summed E-state index contributed by atoms with van der Waals surface area (Å²) in [5.74, 6) is 0.00953. The average molecular weight is 246 g/mol. The van der Waals surface area contributed by atoms with Crippen LogP contribution in [-0.2, 0) is 4.79 Å². The number of carboxylic acids is 1. The molecule has 0 fully saturated rings. The minimum Gasteiger partial charge on any atom is -0.478 e. The third-order valence-corrected chi connectivity index (χ3v) is 3.11. The Labute approximate surface area is 109 Å². The van der Waals surface area contributed by atoms with E-state index in [9.17, 15) is 4.79 Å². The van der Waals surface area contributed by atoms with Gasteiger partial charge in [0.15, 0.2) is 0 Å². The highest BCUT2D eigenvalue weighted by Gasteiger charge is 2.09. The van der Waals surface area contributed by atoms with Crippen LogP contribution in [0.4, 0.5) is 0 Å². The van der Waals surface area contributed by atoms with Crippen molar-refractivity contribution >= 4 is 12.0 Å². The first-order valence-electron chi connectivity index (χ1n) is 6.38. The highest BCUT2D eigenvalue weighted by Crippen LogP contribution is 2.26. The van der Waals surface area contributed by atoms with Crippen molar-refractivity contribution in [1.82, 2.24) is 0 Å². The molecule has 0 amide bonds. The first kappa shape index (κ1) is 14.5. The summed E-state index contributed by atoms with van der Waals surface area (Å²) >= 11 is 0. The minimum absolute atomic E-state index is 0.370. The second kappa shape index (κ2) is 5.85. The van der Waals surface area contributed by atoms with E-state index < -0.39 is 5.97 Å². The summed E-state index contributed by atoms with van der Waals surface area (Å²) in [5.41, 5.74) is 3.88. The van der Waals surface area contributed by atoms with Crippen LogP contribution >= 0.6 is 0 Å². The molecule has 0 aliphatic rings. The first-order valence-corrected chi connectivity index (χ1v) is 6.38. The van der Waals surface area contributed by atoms with Gasteiger partial charge in [-0.2, -0.15) is 0 Å². The molecule has 0 saturated heterocycles. The molecule has 0 heterocycles. The molecule has 1 rings (SSSR count). The predicted octanol–water partition coefficient (Wildman–Crippen LogP) is 4.42. The Bertz CT molecular complexity index is 468. The fourth-order valence-corrected chi connectivity index (χ4v) is 1.88. The van der Waals surface area contributed by atoms with Gasteiger partial charge >= 0.3 is 5.97 Å². The fraction of sp³-hybridized carbons (Fsp3) is 0.438. The molecule has 0 aliphatic carbocycles. The van der Waals surface area contributed by atoms with Crippen molar-refractivity contribution in [3.63, 3.8) is 0 Å². The lowest BCUT2D eigenvalue weighted by molar-refractivity contribution is -0.132. The summed E-state index contributed by atoms with van der Waals surface area (Å²) in [5, 5.41) is 8.95. The SMILES string of the molecule is CC(=Cc1ccc(C(C)C)cc1C(C)C)C(=O)O. The molecular weight excluding hydrogens is 224 g/mol. The van der Waals surface area contributed by atoms with E-state index in [1.807, 2.05) is 6.07 Å². The van der Waals surface area contributed by atoms with E-state index in [0.717, 1.165) is 5.56 Å². The van der Waals surface area contributed by atoms with E-state index in [1.54, 1.807) is 13.0 Å². The van der Waals surface area contributed by atoms with Gasteiger partial charge in [-0.15, -0.1) is 0 Å². The number of rotatable bonds is 4. The molecular formula is C16H22O2. The lowest BCUT2D eigenvalue weighted by Gasteiger charge is -2.14. The fourth-order valence-electron chi connectivity index (χ4n) is 1.88. The van der Waals surface area contributed by atoms with Crippen LogP contribution in [-0.4, -0.2) is 11.1 Å². The molecule has 0 radical (unpaired) electrons. The maximum atomic E-state index is 10.9. The third kappa shape index (κ3) is 3.46. The summed E-state index contributed by atoms with van der Waals surface area (Å²) in [6.45, 7) is 10.2. The third-order valence-electron chi connectivity index (χ3n) is 3.11. The summed E-state index contributed by atoms with van der Waals surface area (Å²) in [6, 6.07) is 6.30. The molecule has 0 unspecified atom stereocenters. The summed E-state index contributed by atoms with van der Waals surface area (Å²) in [6.07, 6.45) is 1.75. The number of hydrogen-bond donors (Lipinski definition) is 1. The maximum Gasteiger partial charge on any atom is 0.331 e. The van der Waals surface area contributed by atoms with Gasteiger partial charge in [0, 0.05) is 5.57 Å². The van der Waals surface area contributed by atoms with E-state index >= 15 is 0 Å². The first-order chi connectivity index (χ1) is 8.32. The number of benzene rings is 1. The Morgan fingerprint density at radius 3 is 2.22 bits per heavy atom. The zero-order valence-electron chi connectivity index (χ0n) is 11.8. The highest BCUT2D eigenvalue weighted by atomic mass is 16.4. The Morgan fingerprint density at radius 1 is 1.17 bits per heavy atom. The van der Waals surface area contributed by atoms with Crippen LogP contribution in [0.3, 0.4) is 0 Å². The summed E-state index contributed by atoms with van der Waals surface area (Å²) < 4.78 is 0. The van der Waals surface area contributed by atoms with E-state index in [4.69, 9.17) is 5.11 Å². The summed E-state index contributed by atoms with van der Waals surface area (Å²) in [7, 11) is 0. The quantitative estimate of drug-likeness (QED) is 0.798. The molecule has 0 spiro atoms. The van der Waals surface area contributed by atoms with Crippen LogP contribution in [0.15, 0.2) is 23.8 Å². The molecule has 0 aromatic heterocycles. The maximum absolute atomic E-state index is 10.9. The van der Waals surface area contributed by atoms with Crippen LogP contribution in [0.1, 0.15) is 63.1 Å². The van der Waals surface area contributed by atoms with E-state index in [0.29, 0.717) is 17.4 Å². The number of carbonyl (C=O) groups is 1. The molecule has 1 aromatic carbocycles. The van der Waals surface area contributed by atoms with Crippen molar-refractivity contribution in [2.45, 2.75) is 46.5 Å². The zero-order valence-corrected chi connectivity index (χ0v) is 11.8. The van der Waals surface area contributed by atoms with E-state index in [1.165, 1.54) is 11.1 Å². The molecule has 2 nitrogen and oxygen atoms in total. The molecule has 0 aliphatic heterocycles. The average Bonchev–Trinajstić information content (AvgIpc) is 2.28. The predicted molar refractivity (Wildman–Crippen MR) is 75.9 cm³/mol. The van der Waals surface area contributed by atoms with E-state index in [2.05, 4.69) is 39.8 Å². The van der Waals surface area contributed by atoms with Gasteiger partial charge in [0.05, 0.1) is 0 Å². The topological polar surface area (TPSA) is 37.3 Å². The smallest absolute Gasteiger partial charge is 0.331 e. The Balaban J connectivity index is 3.28. The van der Waals surface area contributed by atoms with Gasteiger partial charge < -0.3 is 5.11 Å². The lowest BCUT2D eigenvalue weighted by Crippen LogP contribution is -1.99. The van der Waals surface area contributed by atoms with Crippen LogP contribution < -0.4 is 0 Å². The van der Waals surface area contributed by atoms with Gasteiger partial charge in [-0.1, -0.05) is 45.9 Å². The van der Waals surface area contributed by atoms with Crippen molar-refractivity contribution < 1.29 is 9.90 Å². The standard InChI is InChI=1S/C16H22O2/c1-10(2)13-6-7-14(8-12(5)16(17)18)15(9-13)11(3)4/h6-11H,1-5H3,(H,17,18). The summed E-state index contributed by atoms with van der Waals surface area (Å²) in [4.78, 5) is 10.9. The Hall–Kier alpha value is -1.57. The van der Waals surface area contributed by atoms with E-state index in [-0.39, 0.29) is 0 Å². The van der Waals surface area contributed by atoms with Gasteiger partial charge in [-0.25, -0.2) is 4.79 Å². The second-order valence-corrected chi connectivity index (χ2v) is 5.33. The minimum atomic E-state index is -0.863. The molecule has 1 N–H and O–H groups in total. The number of hydrogen-bond acceptors (Lipinski definition) is 1. The zero-order chi connectivity index (χ0) is 13.9. The molecule has 1 aromatic rings. The second-order valence-electron chi connectivity index (χ2n) is 5.33. The van der Waals surface area contributed by atoms with Gasteiger partial charge in [0.1, 0.15) is 0 Å². The van der Waals surface area contributed by atoms with Gasteiger partial charge in [-0.05, 0) is 41.5 Å². The lowest BCUT2D eigenvalue weighted by atomic mass is 9.91. The molecule has 98 valence electrons. The van der Waals surface area contributed by atoms with Crippen LogP contribution in [0.5, 0.6) is 0 Å². The van der Waals surface area contributed by atoms with Crippen molar-refractivity contribution in [3.05, 3.63) is 40.5 Å². The number of carboxylic acid groups (broad SMARTS) is 1. The van der Waals surface area contributed by atoms with Crippen LogP contribution in [0.2, 0.25) is 0 Å². The van der Waals surface area contributed by atoms with Crippen molar-refractivity contribution in [2.24, 2.45) is 0 Å². The van der Waals surface area contributed by atoms with Crippen molar-refractivity contribution in [1.29, 1.82) is 0 Å². The normalized spacial score (nSPS) is 12.3. The molecule has 18 heavy (non-hydrogen) atoms. The van der Waals surface area contributed by atoms with Gasteiger partial charge in [-0.3, -0.25) is 0 Å². The Kier molecular flexibility index (Phi) is 4.71. The molecule has 0 bridgehead atoms. The van der Waals surface area contributed by atoms with Crippen LogP contribution in [0, 0.1) is 0 Å². The van der Waals surface area contributed by atoms with Gasteiger partial charge in [0.25, 0.3) is 0 Å². The van der Waals surface area contributed by atoms with Gasteiger partial charge in [0.2, 0.25) is 0 Å². The van der Waals surface area contributed by atoms with Crippen molar-refractivity contribution in [2.75, 3.05) is 0 Å². The molecule has 0 atom stereocenters. The molecule has 2 heteroatoms. The van der Waals surface area contributed by atoms with Crippen LogP contribution in [0.25, 0.3) is 6.08 Å². The highest BCUT2D eigenvalue weighted by molar-refractivity contribution is 5.91. The van der Waals surface area contributed by atoms with Crippen molar-refractivity contribution in [3.8, 4) is 0 Å².